The number of benzene rings is 1. The van der Waals surface area contributed by atoms with Crippen molar-refractivity contribution in [3.63, 3.8) is 0 Å². The van der Waals surface area contributed by atoms with Crippen molar-refractivity contribution in [2.45, 2.75) is 51.0 Å². The maximum atomic E-state index is 6.72. The van der Waals surface area contributed by atoms with Crippen LogP contribution >= 0.6 is 15.9 Å². The van der Waals surface area contributed by atoms with Crippen molar-refractivity contribution >= 4 is 15.9 Å². The lowest BCUT2D eigenvalue weighted by Crippen LogP contribution is -2.39. The molecular weight excluding hydrogens is 318 g/mol. The number of nitrogens with two attached hydrogens (primary N) is 1. The van der Waals surface area contributed by atoms with E-state index in [0.29, 0.717) is 0 Å². The molecule has 112 valence electrons. The normalized spacial score (nSPS) is 17.9. The fourth-order valence-corrected chi connectivity index (χ4v) is 4.08. The van der Waals surface area contributed by atoms with E-state index in [9.17, 15) is 0 Å². The molecule has 1 aliphatic rings. The van der Waals surface area contributed by atoms with Gasteiger partial charge in [0, 0.05) is 5.54 Å². The Kier molecular flexibility index (Phi) is 4.97. The number of methoxy groups -OCH3 is 2. The number of rotatable bonds is 4. The summed E-state index contributed by atoms with van der Waals surface area (Å²) in [5, 5.41) is 0. The van der Waals surface area contributed by atoms with Gasteiger partial charge in [-0.15, -0.1) is 0 Å². The first-order chi connectivity index (χ1) is 9.57. The minimum Gasteiger partial charge on any atom is -0.493 e. The lowest BCUT2D eigenvalue weighted by Gasteiger charge is -2.36. The second-order valence-electron chi connectivity index (χ2n) is 5.52. The Bertz CT molecular complexity index is 482. The molecule has 3 nitrogen and oxygen atoms in total. The van der Waals surface area contributed by atoms with E-state index in [1.165, 1.54) is 30.4 Å². The molecule has 1 fully saturated rings. The summed E-state index contributed by atoms with van der Waals surface area (Å²) in [6.45, 7) is 2.15. The number of hydrogen-bond donors (Lipinski definition) is 1. The van der Waals surface area contributed by atoms with Crippen molar-refractivity contribution < 1.29 is 9.47 Å². The molecule has 0 amide bonds. The first kappa shape index (κ1) is 15.6. The summed E-state index contributed by atoms with van der Waals surface area (Å²) in [6, 6.07) is 2.08. The van der Waals surface area contributed by atoms with Crippen molar-refractivity contribution in [1.82, 2.24) is 0 Å². The molecule has 0 saturated heterocycles. The first-order valence-electron chi connectivity index (χ1n) is 7.30. The Morgan fingerprint density at radius 2 is 1.85 bits per heavy atom. The molecule has 2 N–H and O–H groups in total. The average Bonchev–Trinajstić information content (AvgIpc) is 2.46. The maximum Gasteiger partial charge on any atom is 0.175 e. The zero-order valence-electron chi connectivity index (χ0n) is 12.6. The Morgan fingerprint density at radius 3 is 2.35 bits per heavy atom. The molecule has 1 aromatic rings. The van der Waals surface area contributed by atoms with Gasteiger partial charge in [-0.05, 0) is 52.4 Å². The van der Waals surface area contributed by atoms with E-state index in [1.54, 1.807) is 14.2 Å². The van der Waals surface area contributed by atoms with Crippen LogP contribution in [-0.2, 0) is 12.0 Å². The van der Waals surface area contributed by atoms with Crippen molar-refractivity contribution in [3.8, 4) is 11.5 Å². The van der Waals surface area contributed by atoms with E-state index >= 15 is 0 Å². The van der Waals surface area contributed by atoms with Crippen molar-refractivity contribution in [1.29, 1.82) is 0 Å². The van der Waals surface area contributed by atoms with E-state index in [4.69, 9.17) is 15.2 Å². The summed E-state index contributed by atoms with van der Waals surface area (Å²) in [6.07, 6.45) is 6.70. The molecule has 0 aromatic heterocycles. The Balaban J connectivity index is 2.59. The Hall–Kier alpha value is -0.740. The molecule has 20 heavy (non-hydrogen) atoms. The topological polar surface area (TPSA) is 44.5 Å². The number of hydrogen-bond acceptors (Lipinski definition) is 3. The van der Waals surface area contributed by atoms with Crippen LogP contribution < -0.4 is 15.2 Å². The van der Waals surface area contributed by atoms with Gasteiger partial charge in [-0.25, -0.2) is 0 Å². The molecule has 1 saturated carbocycles. The summed E-state index contributed by atoms with van der Waals surface area (Å²) in [4.78, 5) is 0. The maximum absolute atomic E-state index is 6.72. The molecule has 0 bridgehead atoms. The second kappa shape index (κ2) is 6.35. The molecule has 0 atom stereocenters. The predicted octanol–water partition coefficient (Wildman–Crippen LogP) is 4.15. The zero-order valence-corrected chi connectivity index (χ0v) is 14.2. The molecule has 0 aliphatic heterocycles. The van der Waals surface area contributed by atoms with Gasteiger partial charge in [0.25, 0.3) is 0 Å². The van der Waals surface area contributed by atoms with Crippen LogP contribution in [0.5, 0.6) is 11.5 Å². The van der Waals surface area contributed by atoms with Crippen molar-refractivity contribution in [2.75, 3.05) is 14.2 Å². The highest BCUT2D eigenvalue weighted by molar-refractivity contribution is 9.10. The highest BCUT2D eigenvalue weighted by Gasteiger charge is 2.33. The fraction of sp³-hybridized carbons (Fsp3) is 0.625. The third kappa shape index (κ3) is 2.68. The predicted molar refractivity (Wildman–Crippen MR) is 85.6 cm³/mol. The molecule has 0 heterocycles. The van der Waals surface area contributed by atoms with Crippen molar-refractivity contribution in [3.05, 3.63) is 21.7 Å². The van der Waals surface area contributed by atoms with E-state index in [0.717, 1.165) is 35.2 Å². The van der Waals surface area contributed by atoms with E-state index in [2.05, 4.69) is 28.9 Å². The van der Waals surface area contributed by atoms with Crippen LogP contribution in [0.3, 0.4) is 0 Å². The minimum atomic E-state index is -0.230. The van der Waals surface area contributed by atoms with Crippen LogP contribution in [0.2, 0.25) is 0 Å². The van der Waals surface area contributed by atoms with Crippen molar-refractivity contribution in [2.24, 2.45) is 5.73 Å². The summed E-state index contributed by atoms with van der Waals surface area (Å²) >= 11 is 3.67. The van der Waals surface area contributed by atoms with E-state index < -0.39 is 0 Å². The third-order valence-electron chi connectivity index (χ3n) is 4.35. The van der Waals surface area contributed by atoms with Gasteiger partial charge in [-0.3, -0.25) is 0 Å². The van der Waals surface area contributed by atoms with Gasteiger partial charge in [-0.1, -0.05) is 26.2 Å². The monoisotopic (exact) mass is 341 g/mol. The van der Waals surface area contributed by atoms with Gasteiger partial charge in [0.2, 0.25) is 0 Å². The van der Waals surface area contributed by atoms with Crippen LogP contribution in [-0.4, -0.2) is 14.2 Å². The largest absolute Gasteiger partial charge is 0.493 e. The highest BCUT2D eigenvalue weighted by Crippen LogP contribution is 2.45. The molecule has 0 radical (unpaired) electrons. The lowest BCUT2D eigenvalue weighted by molar-refractivity contribution is 0.296. The lowest BCUT2D eigenvalue weighted by atomic mass is 9.75. The highest BCUT2D eigenvalue weighted by atomic mass is 79.9. The average molecular weight is 342 g/mol. The first-order valence-corrected chi connectivity index (χ1v) is 8.09. The van der Waals surface area contributed by atoms with Gasteiger partial charge < -0.3 is 15.2 Å². The third-order valence-corrected chi connectivity index (χ3v) is 5.19. The summed E-state index contributed by atoms with van der Waals surface area (Å²) in [7, 11) is 3.34. The number of ether oxygens (including phenoxy) is 2. The molecule has 4 heteroatoms. The quantitative estimate of drug-likeness (QED) is 0.894. The Labute approximate surface area is 130 Å². The molecular formula is C16H24BrNO2. The zero-order chi connectivity index (χ0) is 14.8. The van der Waals surface area contributed by atoms with Crippen LogP contribution in [0.1, 0.15) is 50.2 Å². The van der Waals surface area contributed by atoms with Gasteiger partial charge in [-0.2, -0.15) is 0 Å². The molecule has 2 rings (SSSR count). The fourth-order valence-electron chi connectivity index (χ4n) is 3.23. The van der Waals surface area contributed by atoms with Crippen LogP contribution in [0.15, 0.2) is 10.5 Å². The van der Waals surface area contributed by atoms with Gasteiger partial charge in [0.1, 0.15) is 0 Å². The summed E-state index contributed by atoms with van der Waals surface area (Å²) in [5.74, 6) is 1.51. The summed E-state index contributed by atoms with van der Waals surface area (Å²) < 4.78 is 11.9. The molecule has 1 aromatic carbocycles. The SMILES string of the molecule is CCc1c(C2(N)CCCCC2)cc(OC)c(OC)c1Br. The number of halogens is 1. The summed E-state index contributed by atoms with van der Waals surface area (Å²) in [5.41, 5.74) is 8.95. The van der Waals surface area contributed by atoms with Gasteiger partial charge in [0.15, 0.2) is 11.5 Å². The molecule has 1 aliphatic carbocycles. The Morgan fingerprint density at radius 1 is 1.20 bits per heavy atom. The molecule has 0 spiro atoms. The van der Waals surface area contributed by atoms with Gasteiger partial charge in [0.05, 0.1) is 18.7 Å². The van der Waals surface area contributed by atoms with Crippen LogP contribution in [0, 0.1) is 0 Å². The van der Waals surface area contributed by atoms with E-state index in [-0.39, 0.29) is 5.54 Å². The molecule has 0 unspecified atom stereocenters. The van der Waals surface area contributed by atoms with Gasteiger partial charge >= 0.3 is 0 Å². The minimum absolute atomic E-state index is 0.230. The smallest absolute Gasteiger partial charge is 0.175 e. The second-order valence-corrected chi connectivity index (χ2v) is 6.32. The van der Waals surface area contributed by atoms with Crippen LogP contribution in [0.25, 0.3) is 0 Å². The van der Waals surface area contributed by atoms with Crippen LogP contribution in [0.4, 0.5) is 0 Å². The standard InChI is InChI=1S/C16H24BrNO2/c1-4-11-12(16(18)8-6-5-7-9-16)10-13(19-2)15(20-3)14(11)17/h10H,4-9,18H2,1-3H3. The van der Waals surface area contributed by atoms with E-state index in [1.807, 2.05) is 0 Å².